The number of carboxylic acids is 1. The van der Waals surface area contributed by atoms with Gasteiger partial charge in [-0.3, -0.25) is 4.68 Å². The number of aromatic carboxylic acids is 1. The van der Waals surface area contributed by atoms with Crippen LogP contribution in [0.2, 0.25) is 0 Å². The maximum atomic E-state index is 10.8. The number of nitrogens with zero attached hydrogens (tertiary/aromatic N) is 3. The molecule has 0 aliphatic carbocycles. The molecule has 0 saturated heterocycles. The summed E-state index contributed by atoms with van der Waals surface area (Å²) in [7, 11) is 1.75. The summed E-state index contributed by atoms with van der Waals surface area (Å²) in [4.78, 5) is 14.9. The summed E-state index contributed by atoms with van der Waals surface area (Å²) in [6.45, 7) is 0. The number of rotatable bonds is 1. The molecule has 0 aromatic carbocycles. The largest absolute Gasteiger partial charge is 0.478 e. The predicted octanol–water partition coefficient (Wildman–Crippen LogP) is 1.43. The van der Waals surface area contributed by atoms with Gasteiger partial charge in [0.15, 0.2) is 5.65 Å². The predicted molar refractivity (Wildman–Crippen MR) is 53.2 cm³/mol. The van der Waals surface area contributed by atoms with Crippen LogP contribution in [0.15, 0.2) is 16.9 Å². The topological polar surface area (TPSA) is 68.0 Å². The van der Waals surface area contributed by atoms with Crippen molar-refractivity contribution < 1.29 is 9.90 Å². The summed E-state index contributed by atoms with van der Waals surface area (Å²) >= 11 is 3.10. The molecule has 2 aromatic rings. The number of fused-ring (bicyclic) bond motifs is 1. The number of hydrogen-bond donors (Lipinski definition) is 1. The molecule has 0 fully saturated rings. The van der Waals surface area contributed by atoms with Crippen LogP contribution in [-0.4, -0.2) is 25.8 Å². The highest BCUT2D eigenvalue weighted by atomic mass is 79.9. The summed E-state index contributed by atoms with van der Waals surface area (Å²) < 4.78 is 1.91. The van der Waals surface area contributed by atoms with Crippen molar-refractivity contribution in [3.8, 4) is 0 Å². The van der Waals surface area contributed by atoms with Gasteiger partial charge < -0.3 is 5.11 Å². The molecule has 0 saturated carbocycles. The highest BCUT2D eigenvalue weighted by Gasteiger charge is 2.12. The molecular weight excluding hydrogens is 250 g/mol. The summed E-state index contributed by atoms with van der Waals surface area (Å²) in [5.74, 6) is -1.00. The first-order valence-corrected chi connectivity index (χ1v) is 4.60. The van der Waals surface area contributed by atoms with E-state index >= 15 is 0 Å². The van der Waals surface area contributed by atoms with Gasteiger partial charge in [0.25, 0.3) is 0 Å². The van der Waals surface area contributed by atoms with Crippen LogP contribution in [0.3, 0.4) is 0 Å². The van der Waals surface area contributed by atoms with E-state index in [0.29, 0.717) is 15.6 Å². The Kier molecular flexibility index (Phi) is 1.99. The fraction of sp³-hybridized carbons (Fsp3) is 0.125. The van der Waals surface area contributed by atoms with Crippen LogP contribution < -0.4 is 0 Å². The van der Waals surface area contributed by atoms with Crippen molar-refractivity contribution in [3.63, 3.8) is 0 Å². The minimum Gasteiger partial charge on any atom is -0.478 e. The molecule has 0 spiro atoms. The van der Waals surface area contributed by atoms with E-state index in [4.69, 9.17) is 5.11 Å². The Morgan fingerprint density at radius 1 is 1.64 bits per heavy atom. The van der Waals surface area contributed by atoms with Gasteiger partial charge >= 0.3 is 5.97 Å². The average molecular weight is 256 g/mol. The highest BCUT2D eigenvalue weighted by molar-refractivity contribution is 9.10. The van der Waals surface area contributed by atoms with Crippen LogP contribution in [-0.2, 0) is 7.05 Å². The first-order chi connectivity index (χ1) is 6.59. The van der Waals surface area contributed by atoms with Crippen LogP contribution in [0.1, 0.15) is 10.4 Å². The lowest BCUT2D eigenvalue weighted by Crippen LogP contribution is -2.00. The molecule has 72 valence electrons. The summed E-state index contributed by atoms with van der Waals surface area (Å²) in [6, 6.07) is 1.54. The van der Waals surface area contributed by atoms with Gasteiger partial charge in [-0.25, -0.2) is 9.78 Å². The van der Waals surface area contributed by atoms with Crippen LogP contribution in [0.5, 0.6) is 0 Å². The zero-order valence-corrected chi connectivity index (χ0v) is 8.82. The third-order valence-electron chi connectivity index (χ3n) is 1.89. The Hall–Kier alpha value is -1.43. The molecule has 0 unspecified atom stereocenters. The van der Waals surface area contributed by atoms with Crippen LogP contribution >= 0.6 is 15.9 Å². The number of aromatic nitrogens is 3. The lowest BCUT2D eigenvalue weighted by atomic mass is 10.2. The Balaban J connectivity index is 2.79. The van der Waals surface area contributed by atoms with E-state index in [1.807, 2.05) is 0 Å². The van der Waals surface area contributed by atoms with Gasteiger partial charge in [0.2, 0.25) is 0 Å². The second-order valence-electron chi connectivity index (χ2n) is 2.81. The Morgan fingerprint density at radius 3 is 3.00 bits per heavy atom. The highest BCUT2D eigenvalue weighted by Crippen LogP contribution is 2.20. The van der Waals surface area contributed by atoms with Gasteiger partial charge in [0.05, 0.1) is 11.8 Å². The number of pyridine rings is 1. The zero-order chi connectivity index (χ0) is 10.3. The number of hydrogen-bond acceptors (Lipinski definition) is 3. The molecular formula is C8H6BrN3O2. The fourth-order valence-corrected chi connectivity index (χ4v) is 1.66. The molecule has 0 aliphatic heterocycles. The molecule has 0 radical (unpaired) electrons. The van der Waals surface area contributed by atoms with Crippen LogP contribution in [0.25, 0.3) is 11.0 Å². The smallest absolute Gasteiger partial charge is 0.338 e. The van der Waals surface area contributed by atoms with Crippen LogP contribution in [0, 0.1) is 0 Å². The van der Waals surface area contributed by atoms with Crippen molar-refractivity contribution >= 4 is 32.9 Å². The van der Waals surface area contributed by atoms with Gasteiger partial charge in [0.1, 0.15) is 4.60 Å². The van der Waals surface area contributed by atoms with E-state index in [9.17, 15) is 4.79 Å². The van der Waals surface area contributed by atoms with E-state index in [0.717, 1.165) is 0 Å². The van der Waals surface area contributed by atoms with E-state index in [2.05, 4.69) is 26.0 Å². The molecule has 0 atom stereocenters. The quantitative estimate of drug-likeness (QED) is 0.783. The second kappa shape index (κ2) is 3.06. The molecule has 0 amide bonds. The van der Waals surface area contributed by atoms with Crippen molar-refractivity contribution in [1.82, 2.24) is 14.8 Å². The van der Waals surface area contributed by atoms with E-state index in [-0.39, 0.29) is 5.56 Å². The molecule has 0 aliphatic rings. The van der Waals surface area contributed by atoms with Crippen molar-refractivity contribution in [2.75, 3.05) is 0 Å². The molecule has 2 rings (SSSR count). The van der Waals surface area contributed by atoms with Gasteiger partial charge in [-0.2, -0.15) is 5.10 Å². The third kappa shape index (κ3) is 1.27. The van der Waals surface area contributed by atoms with Gasteiger partial charge in [-0.05, 0) is 22.0 Å². The monoisotopic (exact) mass is 255 g/mol. The summed E-state index contributed by atoms with van der Waals surface area (Å²) in [6.07, 6.45) is 1.58. The lowest BCUT2D eigenvalue weighted by molar-refractivity contribution is 0.0695. The summed E-state index contributed by atoms with van der Waals surface area (Å²) in [5, 5.41) is 13.5. The minimum absolute atomic E-state index is 0.144. The second-order valence-corrected chi connectivity index (χ2v) is 3.56. The Bertz CT molecular complexity index is 521. The summed E-state index contributed by atoms with van der Waals surface area (Å²) in [5.41, 5.74) is 0.798. The first kappa shape index (κ1) is 9.14. The van der Waals surface area contributed by atoms with E-state index in [1.54, 1.807) is 24.0 Å². The van der Waals surface area contributed by atoms with E-state index in [1.165, 1.54) is 0 Å². The number of carboxylic acid groups (broad SMARTS) is 1. The van der Waals surface area contributed by atoms with Crippen molar-refractivity contribution in [1.29, 1.82) is 0 Å². The SMILES string of the molecule is Cn1ncc2cc(C(=O)O)c(Br)nc21. The van der Waals surface area contributed by atoms with Gasteiger partial charge in [0, 0.05) is 12.4 Å². The first-order valence-electron chi connectivity index (χ1n) is 3.81. The number of halogens is 1. The van der Waals surface area contributed by atoms with Crippen molar-refractivity contribution in [2.24, 2.45) is 7.05 Å². The Labute approximate surface area is 87.5 Å². The maximum absolute atomic E-state index is 10.8. The molecule has 14 heavy (non-hydrogen) atoms. The molecule has 6 heteroatoms. The van der Waals surface area contributed by atoms with Crippen molar-refractivity contribution in [2.45, 2.75) is 0 Å². The maximum Gasteiger partial charge on any atom is 0.338 e. The zero-order valence-electron chi connectivity index (χ0n) is 7.23. The van der Waals surface area contributed by atoms with E-state index < -0.39 is 5.97 Å². The minimum atomic E-state index is -1.00. The molecule has 2 heterocycles. The lowest BCUT2D eigenvalue weighted by Gasteiger charge is -1.98. The fourth-order valence-electron chi connectivity index (χ4n) is 1.21. The molecule has 0 bridgehead atoms. The third-order valence-corrected chi connectivity index (χ3v) is 2.50. The molecule has 1 N–H and O–H groups in total. The normalized spacial score (nSPS) is 10.7. The Morgan fingerprint density at radius 2 is 2.36 bits per heavy atom. The van der Waals surface area contributed by atoms with Crippen LogP contribution in [0.4, 0.5) is 0 Å². The van der Waals surface area contributed by atoms with Crippen molar-refractivity contribution in [3.05, 3.63) is 22.4 Å². The number of aryl methyl sites for hydroxylation is 1. The van der Waals surface area contributed by atoms with Gasteiger partial charge in [-0.15, -0.1) is 0 Å². The van der Waals surface area contributed by atoms with Gasteiger partial charge in [-0.1, -0.05) is 0 Å². The molecule has 5 nitrogen and oxygen atoms in total. The molecule has 2 aromatic heterocycles. The standard InChI is InChI=1S/C8H6BrN3O2/c1-12-7-4(3-10-12)2-5(8(13)14)6(9)11-7/h2-3H,1H3,(H,13,14). The average Bonchev–Trinajstić information content (AvgIpc) is 2.46. The number of carbonyl (C=O) groups is 1.